The Kier molecular flexibility index (Phi) is 3.41. The van der Waals surface area contributed by atoms with E-state index in [1.807, 2.05) is 0 Å². The Labute approximate surface area is 127 Å². The van der Waals surface area contributed by atoms with E-state index in [2.05, 4.69) is 0 Å². The third kappa shape index (κ3) is 2.24. The molecule has 0 bridgehead atoms. The number of methoxy groups -OCH3 is 1. The van der Waals surface area contributed by atoms with Gasteiger partial charge in [0.25, 0.3) is 0 Å². The lowest BCUT2D eigenvalue weighted by molar-refractivity contribution is -0.135. The maximum Gasteiger partial charge on any atom is 0.312 e. The van der Waals surface area contributed by atoms with E-state index in [1.54, 1.807) is 25.1 Å². The molecule has 2 aromatic carbocycles. The third-order valence-corrected chi connectivity index (χ3v) is 4.00. The number of aromatic hydroxyl groups is 2. The quantitative estimate of drug-likeness (QED) is 0.659. The van der Waals surface area contributed by atoms with Gasteiger partial charge >= 0.3 is 5.97 Å². The number of hydrogen-bond donors (Lipinski definition) is 2. The Morgan fingerprint density at radius 1 is 1.18 bits per heavy atom. The van der Waals surface area contributed by atoms with Crippen molar-refractivity contribution in [2.75, 3.05) is 7.11 Å². The van der Waals surface area contributed by atoms with E-state index in [0.717, 1.165) is 11.1 Å². The molecule has 1 aliphatic heterocycles. The van der Waals surface area contributed by atoms with Crippen molar-refractivity contribution in [1.82, 2.24) is 0 Å². The predicted octanol–water partition coefficient (Wildman–Crippen LogP) is 2.86. The van der Waals surface area contributed by atoms with Crippen molar-refractivity contribution in [2.45, 2.75) is 19.3 Å². The Hall–Kier alpha value is -2.69. The first-order chi connectivity index (χ1) is 10.5. The van der Waals surface area contributed by atoms with Gasteiger partial charge in [-0.05, 0) is 42.3 Å². The molecule has 114 valence electrons. The van der Waals surface area contributed by atoms with Crippen LogP contribution in [0.25, 0.3) is 0 Å². The molecule has 0 aromatic heterocycles. The largest absolute Gasteiger partial charge is 0.508 e. The van der Waals surface area contributed by atoms with E-state index >= 15 is 0 Å². The summed E-state index contributed by atoms with van der Waals surface area (Å²) >= 11 is 0. The van der Waals surface area contributed by atoms with Crippen molar-refractivity contribution >= 4 is 5.97 Å². The molecule has 2 N–H and O–H groups in total. The Morgan fingerprint density at radius 2 is 1.91 bits per heavy atom. The fourth-order valence-corrected chi connectivity index (χ4v) is 2.84. The van der Waals surface area contributed by atoms with Crippen LogP contribution in [0.5, 0.6) is 23.0 Å². The number of carbonyl (C=O) groups excluding carboxylic acids is 1. The molecule has 5 heteroatoms. The highest BCUT2D eigenvalue weighted by atomic mass is 16.5. The molecule has 3 rings (SSSR count). The molecule has 1 unspecified atom stereocenters. The van der Waals surface area contributed by atoms with E-state index in [1.165, 1.54) is 19.2 Å². The maximum absolute atomic E-state index is 11.9. The lowest BCUT2D eigenvalue weighted by atomic mass is 9.83. The summed E-state index contributed by atoms with van der Waals surface area (Å²) in [6.45, 7) is 1.79. The van der Waals surface area contributed by atoms with Crippen molar-refractivity contribution in [3.8, 4) is 23.0 Å². The second-order valence-corrected chi connectivity index (χ2v) is 5.28. The van der Waals surface area contributed by atoms with Crippen molar-refractivity contribution in [2.24, 2.45) is 0 Å². The van der Waals surface area contributed by atoms with E-state index in [0.29, 0.717) is 17.1 Å². The molecule has 0 fully saturated rings. The second-order valence-electron chi connectivity index (χ2n) is 5.28. The summed E-state index contributed by atoms with van der Waals surface area (Å²) in [5.41, 5.74) is 2.29. The molecule has 2 aromatic rings. The van der Waals surface area contributed by atoms with Crippen LogP contribution in [0.4, 0.5) is 0 Å². The smallest absolute Gasteiger partial charge is 0.312 e. The van der Waals surface area contributed by atoms with Gasteiger partial charge in [-0.25, -0.2) is 0 Å². The van der Waals surface area contributed by atoms with Gasteiger partial charge in [0.05, 0.1) is 13.5 Å². The first kappa shape index (κ1) is 14.3. The Balaban J connectivity index is 2.16. The van der Waals surface area contributed by atoms with Crippen LogP contribution in [0.15, 0.2) is 30.3 Å². The molecule has 1 atom stereocenters. The topological polar surface area (TPSA) is 76.0 Å². The van der Waals surface area contributed by atoms with E-state index < -0.39 is 0 Å². The lowest BCUT2D eigenvalue weighted by Crippen LogP contribution is -2.22. The summed E-state index contributed by atoms with van der Waals surface area (Å²) < 4.78 is 10.4. The van der Waals surface area contributed by atoms with Gasteiger partial charge in [-0.2, -0.15) is 0 Å². The lowest BCUT2D eigenvalue weighted by Gasteiger charge is -2.27. The summed E-state index contributed by atoms with van der Waals surface area (Å²) in [6.07, 6.45) is 0.172. The molecule has 5 nitrogen and oxygen atoms in total. The fourth-order valence-electron chi connectivity index (χ4n) is 2.84. The highest BCUT2D eigenvalue weighted by Crippen LogP contribution is 2.44. The normalized spacial score (nSPS) is 16.8. The maximum atomic E-state index is 11.9. The first-order valence-corrected chi connectivity index (χ1v) is 6.91. The van der Waals surface area contributed by atoms with Crippen LogP contribution in [-0.4, -0.2) is 23.3 Å². The van der Waals surface area contributed by atoms with E-state index in [9.17, 15) is 15.0 Å². The summed E-state index contributed by atoms with van der Waals surface area (Å²) in [5, 5.41) is 19.7. The average Bonchev–Trinajstić information content (AvgIpc) is 2.50. The highest BCUT2D eigenvalue weighted by molar-refractivity contribution is 5.78. The number of rotatable bonds is 2. The van der Waals surface area contributed by atoms with Gasteiger partial charge in [0.1, 0.15) is 11.5 Å². The zero-order valence-corrected chi connectivity index (χ0v) is 12.3. The van der Waals surface area contributed by atoms with Gasteiger partial charge < -0.3 is 19.7 Å². The molecule has 0 saturated carbocycles. The number of hydrogen-bond acceptors (Lipinski definition) is 5. The van der Waals surface area contributed by atoms with Crippen molar-refractivity contribution < 1.29 is 24.5 Å². The van der Waals surface area contributed by atoms with Crippen LogP contribution < -0.4 is 9.47 Å². The minimum absolute atomic E-state index is 0.0393. The summed E-state index contributed by atoms with van der Waals surface area (Å²) in [6, 6.07) is 8.09. The molecular weight excluding hydrogens is 284 g/mol. The monoisotopic (exact) mass is 300 g/mol. The van der Waals surface area contributed by atoms with Gasteiger partial charge in [0.15, 0.2) is 11.5 Å². The number of phenols is 2. The Bertz CT molecular complexity index is 751. The SMILES string of the molecule is COc1cc(C2CC(=O)Oc3ccc(O)c(C)c32)ccc1O. The molecule has 0 saturated heterocycles. The molecule has 1 aliphatic rings. The van der Waals surface area contributed by atoms with Crippen LogP contribution in [-0.2, 0) is 4.79 Å². The van der Waals surface area contributed by atoms with Gasteiger partial charge in [0, 0.05) is 11.5 Å². The van der Waals surface area contributed by atoms with Crippen LogP contribution >= 0.6 is 0 Å². The number of carbonyl (C=O) groups is 1. The standard InChI is InChI=1S/C17H16O5/c1-9-12(18)5-6-14-17(9)11(8-16(20)22-14)10-3-4-13(19)15(7-10)21-2/h3-7,11,18-19H,8H2,1-2H3. The number of esters is 1. The van der Waals surface area contributed by atoms with Crippen LogP contribution in [0.3, 0.4) is 0 Å². The van der Waals surface area contributed by atoms with Crippen molar-refractivity contribution in [3.63, 3.8) is 0 Å². The first-order valence-electron chi connectivity index (χ1n) is 6.91. The average molecular weight is 300 g/mol. The van der Waals surface area contributed by atoms with Gasteiger partial charge in [0.2, 0.25) is 0 Å². The molecule has 0 aliphatic carbocycles. The Morgan fingerprint density at radius 3 is 2.64 bits per heavy atom. The van der Waals surface area contributed by atoms with Gasteiger partial charge in [-0.1, -0.05) is 6.07 Å². The zero-order valence-electron chi connectivity index (χ0n) is 12.3. The molecular formula is C17H16O5. The van der Waals surface area contributed by atoms with Crippen molar-refractivity contribution in [1.29, 1.82) is 0 Å². The zero-order chi connectivity index (χ0) is 15.9. The van der Waals surface area contributed by atoms with Crippen LogP contribution in [0, 0.1) is 6.92 Å². The molecule has 0 radical (unpaired) electrons. The van der Waals surface area contributed by atoms with Crippen molar-refractivity contribution in [3.05, 3.63) is 47.0 Å². The fraction of sp³-hybridized carbons (Fsp3) is 0.235. The molecule has 22 heavy (non-hydrogen) atoms. The summed E-state index contributed by atoms with van der Waals surface area (Å²) in [7, 11) is 1.47. The number of benzene rings is 2. The molecule has 0 spiro atoms. The van der Waals surface area contributed by atoms with E-state index in [-0.39, 0.29) is 29.8 Å². The van der Waals surface area contributed by atoms with E-state index in [4.69, 9.17) is 9.47 Å². The summed E-state index contributed by atoms with van der Waals surface area (Å²) in [5.74, 6) is 0.428. The predicted molar refractivity (Wildman–Crippen MR) is 79.6 cm³/mol. The molecule has 1 heterocycles. The minimum Gasteiger partial charge on any atom is -0.508 e. The minimum atomic E-state index is -0.324. The van der Waals surface area contributed by atoms with Gasteiger partial charge in [-0.3, -0.25) is 4.79 Å². The van der Waals surface area contributed by atoms with Crippen LogP contribution in [0.2, 0.25) is 0 Å². The highest BCUT2D eigenvalue weighted by Gasteiger charge is 2.31. The second kappa shape index (κ2) is 5.26. The summed E-state index contributed by atoms with van der Waals surface area (Å²) in [4.78, 5) is 11.9. The molecule has 0 amide bonds. The number of ether oxygens (including phenoxy) is 2. The third-order valence-electron chi connectivity index (χ3n) is 4.00. The number of phenolic OH excluding ortho intramolecular Hbond substituents is 2. The number of fused-ring (bicyclic) bond motifs is 1. The van der Waals surface area contributed by atoms with Gasteiger partial charge in [-0.15, -0.1) is 0 Å². The van der Waals surface area contributed by atoms with Crippen LogP contribution in [0.1, 0.15) is 29.0 Å².